The molecule has 0 aliphatic carbocycles. The van der Waals surface area contributed by atoms with Crippen molar-refractivity contribution in [3.05, 3.63) is 53.3 Å². The van der Waals surface area contributed by atoms with Crippen LogP contribution in [0.4, 0.5) is 0 Å². The molecule has 0 amide bonds. The van der Waals surface area contributed by atoms with Gasteiger partial charge in [-0.15, -0.1) is 11.3 Å². The Morgan fingerprint density at radius 1 is 1.37 bits per heavy atom. The standard InChI is InChI=1S/C13H12N4OS/c14-12(15)9-1-3-11(4-2-9)18-8-10-7-17-5-6-19-13(17)16-10/h1-7H,8H2,(H3,14,15). The van der Waals surface area contributed by atoms with Crippen LogP contribution in [0, 0.1) is 5.41 Å². The second kappa shape index (κ2) is 4.74. The number of amidine groups is 1. The number of nitrogens with zero attached hydrogens (tertiary/aromatic N) is 2. The smallest absolute Gasteiger partial charge is 0.193 e. The number of ether oxygens (including phenoxy) is 1. The van der Waals surface area contributed by atoms with Crippen LogP contribution in [0.2, 0.25) is 0 Å². The zero-order valence-corrected chi connectivity index (χ0v) is 10.9. The van der Waals surface area contributed by atoms with E-state index in [9.17, 15) is 0 Å². The van der Waals surface area contributed by atoms with Crippen molar-refractivity contribution >= 4 is 22.1 Å². The zero-order chi connectivity index (χ0) is 13.2. The number of hydrogen-bond donors (Lipinski definition) is 2. The van der Waals surface area contributed by atoms with Gasteiger partial charge < -0.3 is 10.5 Å². The highest BCUT2D eigenvalue weighted by molar-refractivity contribution is 7.15. The molecule has 3 aromatic rings. The van der Waals surface area contributed by atoms with Crippen molar-refractivity contribution in [1.82, 2.24) is 9.38 Å². The van der Waals surface area contributed by atoms with Crippen molar-refractivity contribution in [2.45, 2.75) is 6.61 Å². The Morgan fingerprint density at radius 3 is 2.84 bits per heavy atom. The second-order valence-electron chi connectivity index (χ2n) is 4.05. The third kappa shape index (κ3) is 2.43. The van der Waals surface area contributed by atoms with E-state index in [2.05, 4.69) is 4.98 Å². The molecule has 0 aliphatic heterocycles. The van der Waals surface area contributed by atoms with Gasteiger partial charge >= 0.3 is 0 Å². The van der Waals surface area contributed by atoms with Crippen molar-refractivity contribution in [3.8, 4) is 5.75 Å². The van der Waals surface area contributed by atoms with E-state index in [1.165, 1.54) is 0 Å². The van der Waals surface area contributed by atoms with E-state index in [0.29, 0.717) is 12.2 Å². The summed E-state index contributed by atoms with van der Waals surface area (Å²) >= 11 is 1.59. The minimum Gasteiger partial charge on any atom is -0.487 e. The lowest BCUT2D eigenvalue weighted by Crippen LogP contribution is -2.10. The Kier molecular flexibility index (Phi) is 2.92. The average Bonchev–Trinajstić information content (AvgIpc) is 2.97. The number of aromatic nitrogens is 2. The summed E-state index contributed by atoms with van der Waals surface area (Å²) in [5, 5.41) is 9.31. The van der Waals surface area contributed by atoms with Crippen LogP contribution < -0.4 is 10.5 Å². The van der Waals surface area contributed by atoms with Gasteiger partial charge in [0.2, 0.25) is 0 Å². The van der Waals surface area contributed by atoms with Crippen molar-refractivity contribution in [2.24, 2.45) is 5.73 Å². The number of nitrogens with one attached hydrogen (secondary N) is 1. The van der Waals surface area contributed by atoms with Crippen LogP contribution >= 0.6 is 11.3 Å². The third-order valence-corrected chi connectivity index (χ3v) is 3.47. The van der Waals surface area contributed by atoms with Crippen LogP contribution in [0.15, 0.2) is 42.0 Å². The summed E-state index contributed by atoms with van der Waals surface area (Å²) in [5.41, 5.74) is 6.97. The molecule has 0 radical (unpaired) electrons. The molecule has 0 unspecified atom stereocenters. The van der Waals surface area contributed by atoms with Crippen LogP contribution in [0.3, 0.4) is 0 Å². The summed E-state index contributed by atoms with van der Waals surface area (Å²) in [5.74, 6) is 0.794. The summed E-state index contributed by atoms with van der Waals surface area (Å²) < 4.78 is 7.62. The summed E-state index contributed by atoms with van der Waals surface area (Å²) in [6, 6.07) is 7.14. The van der Waals surface area contributed by atoms with E-state index < -0.39 is 0 Å². The first-order valence-electron chi connectivity index (χ1n) is 5.71. The number of hydrogen-bond acceptors (Lipinski definition) is 4. The molecule has 1 aromatic carbocycles. The number of imidazole rings is 1. The Hall–Kier alpha value is -2.34. The molecule has 5 nitrogen and oxygen atoms in total. The van der Waals surface area contributed by atoms with E-state index >= 15 is 0 Å². The fraction of sp³-hybridized carbons (Fsp3) is 0.0769. The second-order valence-corrected chi connectivity index (χ2v) is 4.92. The monoisotopic (exact) mass is 272 g/mol. The van der Waals surface area contributed by atoms with E-state index in [4.69, 9.17) is 15.9 Å². The van der Waals surface area contributed by atoms with Gasteiger partial charge in [-0.25, -0.2) is 4.98 Å². The Morgan fingerprint density at radius 2 is 2.16 bits per heavy atom. The lowest BCUT2D eigenvalue weighted by molar-refractivity contribution is 0.302. The maximum atomic E-state index is 7.31. The predicted octanol–water partition coefficient (Wildman–Crippen LogP) is 2.26. The van der Waals surface area contributed by atoms with Crippen LogP contribution in [-0.2, 0) is 6.61 Å². The van der Waals surface area contributed by atoms with E-state index in [0.717, 1.165) is 16.4 Å². The highest BCUT2D eigenvalue weighted by Gasteiger charge is 2.03. The molecular weight excluding hydrogens is 260 g/mol. The molecule has 3 rings (SSSR count). The van der Waals surface area contributed by atoms with Gasteiger partial charge in [0.25, 0.3) is 0 Å². The van der Waals surface area contributed by atoms with Crippen molar-refractivity contribution < 1.29 is 4.74 Å². The molecule has 0 aliphatic rings. The summed E-state index contributed by atoms with van der Waals surface area (Å²) in [6.07, 6.45) is 3.92. The van der Waals surface area contributed by atoms with Gasteiger partial charge in [0.15, 0.2) is 4.96 Å². The number of nitrogens with two attached hydrogens (primary N) is 1. The first-order valence-corrected chi connectivity index (χ1v) is 6.59. The minimum absolute atomic E-state index is 0.0564. The van der Waals surface area contributed by atoms with E-state index in [-0.39, 0.29) is 5.84 Å². The lowest BCUT2D eigenvalue weighted by Gasteiger charge is -2.04. The largest absolute Gasteiger partial charge is 0.487 e. The molecule has 2 heterocycles. The van der Waals surface area contributed by atoms with E-state index in [1.54, 1.807) is 35.6 Å². The Bertz CT molecular complexity index is 685. The van der Waals surface area contributed by atoms with Crippen molar-refractivity contribution in [3.63, 3.8) is 0 Å². The molecule has 6 heteroatoms. The summed E-state index contributed by atoms with van der Waals surface area (Å²) in [4.78, 5) is 5.40. The number of rotatable bonds is 4. The maximum absolute atomic E-state index is 7.31. The number of nitrogen functional groups attached to an aromatic ring is 1. The normalized spacial score (nSPS) is 10.7. The molecule has 0 saturated heterocycles. The summed E-state index contributed by atoms with van der Waals surface area (Å²) in [7, 11) is 0. The topological polar surface area (TPSA) is 76.4 Å². The SMILES string of the molecule is N=C(N)c1ccc(OCc2cn3ccsc3n2)cc1. The van der Waals surface area contributed by atoms with Gasteiger partial charge in [0.05, 0.1) is 5.69 Å². The number of thiazole rings is 1. The first-order chi connectivity index (χ1) is 9.22. The molecule has 0 fully saturated rings. The van der Waals surface area contributed by atoms with Gasteiger partial charge in [0.1, 0.15) is 18.2 Å². The van der Waals surface area contributed by atoms with Gasteiger partial charge in [-0.3, -0.25) is 9.81 Å². The first kappa shape index (κ1) is 11.7. The predicted molar refractivity (Wildman–Crippen MR) is 74.9 cm³/mol. The maximum Gasteiger partial charge on any atom is 0.193 e. The molecule has 0 saturated carbocycles. The van der Waals surface area contributed by atoms with Crippen LogP contribution in [0.1, 0.15) is 11.3 Å². The van der Waals surface area contributed by atoms with Gasteiger partial charge in [-0.05, 0) is 24.3 Å². The number of fused-ring (bicyclic) bond motifs is 1. The Balaban J connectivity index is 1.68. The highest BCUT2D eigenvalue weighted by atomic mass is 32.1. The zero-order valence-electron chi connectivity index (χ0n) is 10.0. The van der Waals surface area contributed by atoms with Crippen molar-refractivity contribution in [2.75, 3.05) is 0 Å². The molecule has 2 aromatic heterocycles. The van der Waals surface area contributed by atoms with Crippen LogP contribution in [0.5, 0.6) is 5.75 Å². The molecule has 96 valence electrons. The Labute approximate surface area is 113 Å². The minimum atomic E-state index is 0.0564. The van der Waals surface area contributed by atoms with Crippen molar-refractivity contribution in [1.29, 1.82) is 5.41 Å². The lowest BCUT2D eigenvalue weighted by atomic mass is 10.2. The molecule has 0 atom stereocenters. The highest BCUT2D eigenvalue weighted by Crippen LogP contribution is 2.15. The summed E-state index contributed by atoms with van der Waals surface area (Å²) in [6.45, 7) is 0.424. The molecule has 0 bridgehead atoms. The van der Waals surface area contributed by atoms with Gasteiger partial charge in [0, 0.05) is 23.3 Å². The molecule has 19 heavy (non-hydrogen) atoms. The van der Waals surface area contributed by atoms with Gasteiger partial charge in [-0.1, -0.05) is 0 Å². The third-order valence-electron chi connectivity index (χ3n) is 2.70. The fourth-order valence-electron chi connectivity index (χ4n) is 1.73. The quantitative estimate of drug-likeness (QED) is 0.565. The van der Waals surface area contributed by atoms with Gasteiger partial charge in [-0.2, -0.15) is 0 Å². The van der Waals surface area contributed by atoms with Crippen LogP contribution in [-0.4, -0.2) is 15.2 Å². The van der Waals surface area contributed by atoms with E-state index in [1.807, 2.05) is 22.2 Å². The molecule has 3 N–H and O–H groups in total. The fourth-order valence-corrected chi connectivity index (χ4v) is 2.45. The van der Waals surface area contributed by atoms with Crippen LogP contribution in [0.25, 0.3) is 4.96 Å². The number of benzene rings is 1. The average molecular weight is 272 g/mol. The molecule has 0 spiro atoms. The molecular formula is C13H12N4OS.